The van der Waals surface area contributed by atoms with Crippen molar-refractivity contribution in [3.63, 3.8) is 0 Å². The molecule has 17 heavy (non-hydrogen) atoms. The molecule has 0 aromatic carbocycles. The third-order valence-corrected chi connectivity index (χ3v) is 2.46. The molecular formula is C12H10N2O3. The summed E-state index contributed by atoms with van der Waals surface area (Å²) in [5.74, 6) is -1.23. The van der Waals surface area contributed by atoms with E-state index in [-0.39, 0.29) is 5.56 Å². The van der Waals surface area contributed by atoms with Crippen LogP contribution in [-0.4, -0.2) is 21.0 Å². The molecule has 0 atom stereocenters. The van der Waals surface area contributed by atoms with Crippen molar-refractivity contribution in [2.45, 2.75) is 6.92 Å². The first-order chi connectivity index (χ1) is 8.09. The third-order valence-electron chi connectivity index (χ3n) is 2.46. The van der Waals surface area contributed by atoms with Gasteiger partial charge < -0.3 is 10.1 Å². The van der Waals surface area contributed by atoms with Gasteiger partial charge in [0.25, 0.3) is 5.56 Å². The molecule has 2 N–H and O–H groups in total. The predicted molar refractivity (Wildman–Crippen MR) is 62.0 cm³/mol. The molecule has 2 rings (SSSR count). The highest BCUT2D eigenvalue weighted by Crippen LogP contribution is 2.20. The molecule has 0 aliphatic carbocycles. The van der Waals surface area contributed by atoms with Crippen molar-refractivity contribution in [2.75, 3.05) is 0 Å². The predicted octanol–water partition coefficient (Wildman–Crippen LogP) is 1.44. The SMILES string of the molecule is Cc1[nH]c(=O)c(C(=O)O)cc1-c1ccncc1. The van der Waals surface area contributed by atoms with Gasteiger partial charge in [-0.15, -0.1) is 0 Å². The molecule has 0 bridgehead atoms. The quantitative estimate of drug-likeness (QED) is 0.817. The first-order valence-corrected chi connectivity index (χ1v) is 4.97. The molecule has 2 aromatic heterocycles. The molecule has 5 nitrogen and oxygen atoms in total. The summed E-state index contributed by atoms with van der Waals surface area (Å²) in [6.07, 6.45) is 3.22. The maximum absolute atomic E-state index is 11.4. The van der Waals surface area contributed by atoms with Crippen molar-refractivity contribution in [3.05, 3.63) is 52.2 Å². The van der Waals surface area contributed by atoms with Crippen LogP contribution in [0.15, 0.2) is 35.4 Å². The Morgan fingerprint density at radius 3 is 2.59 bits per heavy atom. The lowest BCUT2D eigenvalue weighted by Gasteiger charge is -2.06. The van der Waals surface area contributed by atoms with Crippen LogP contribution < -0.4 is 5.56 Å². The summed E-state index contributed by atoms with van der Waals surface area (Å²) in [6.45, 7) is 1.72. The Morgan fingerprint density at radius 2 is 2.00 bits per heavy atom. The zero-order chi connectivity index (χ0) is 12.4. The molecule has 0 saturated heterocycles. The molecule has 0 fully saturated rings. The molecule has 0 spiro atoms. The van der Waals surface area contributed by atoms with Crippen molar-refractivity contribution < 1.29 is 9.90 Å². The highest BCUT2D eigenvalue weighted by atomic mass is 16.4. The van der Waals surface area contributed by atoms with Crippen molar-refractivity contribution in [1.82, 2.24) is 9.97 Å². The molecule has 0 aliphatic rings. The van der Waals surface area contributed by atoms with Gasteiger partial charge in [0.15, 0.2) is 0 Å². The average molecular weight is 230 g/mol. The fourth-order valence-corrected chi connectivity index (χ4v) is 1.61. The molecular weight excluding hydrogens is 220 g/mol. The first kappa shape index (κ1) is 11.1. The molecule has 2 heterocycles. The van der Waals surface area contributed by atoms with Gasteiger partial charge in [-0.1, -0.05) is 0 Å². The van der Waals surface area contributed by atoms with Crippen molar-refractivity contribution in [2.24, 2.45) is 0 Å². The Labute approximate surface area is 96.8 Å². The summed E-state index contributed by atoms with van der Waals surface area (Å²) < 4.78 is 0. The second-order valence-electron chi connectivity index (χ2n) is 3.59. The summed E-state index contributed by atoms with van der Waals surface area (Å²) >= 11 is 0. The molecule has 86 valence electrons. The van der Waals surface area contributed by atoms with Crippen LogP contribution in [0.2, 0.25) is 0 Å². The maximum Gasteiger partial charge on any atom is 0.341 e. The van der Waals surface area contributed by atoms with Gasteiger partial charge in [0.1, 0.15) is 5.56 Å². The number of nitrogens with one attached hydrogen (secondary N) is 1. The van der Waals surface area contributed by atoms with Crippen molar-refractivity contribution in [1.29, 1.82) is 0 Å². The molecule has 2 aromatic rings. The van der Waals surface area contributed by atoms with Crippen LogP contribution >= 0.6 is 0 Å². The number of aryl methyl sites for hydroxylation is 1. The normalized spacial score (nSPS) is 10.2. The fraction of sp³-hybridized carbons (Fsp3) is 0.0833. The van der Waals surface area contributed by atoms with E-state index >= 15 is 0 Å². The topological polar surface area (TPSA) is 83.0 Å². The van der Waals surface area contributed by atoms with E-state index in [1.807, 2.05) is 0 Å². The first-order valence-electron chi connectivity index (χ1n) is 4.97. The maximum atomic E-state index is 11.4. The van der Waals surface area contributed by atoms with Gasteiger partial charge in [-0.05, 0) is 30.7 Å². The Balaban J connectivity index is 2.67. The number of rotatable bonds is 2. The number of hydrogen-bond acceptors (Lipinski definition) is 3. The Hall–Kier alpha value is -2.43. The minimum atomic E-state index is -1.23. The molecule has 0 saturated carbocycles. The van der Waals surface area contributed by atoms with Crippen LogP contribution in [-0.2, 0) is 0 Å². The number of carboxylic acid groups (broad SMARTS) is 1. The largest absolute Gasteiger partial charge is 0.477 e. The second-order valence-corrected chi connectivity index (χ2v) is 3.59. The minimum Gasteiger partial charge on any atom is -0.477 e. The lowest BCUT2D eigenvalue weighted by Crippen LogP contribution is -2.18. The number of H-pyrrole nitrogens is 1. The van der Waals surface area contributed by atoms with E-state index in [1.165, 1.54) is 6.07 Å². The van der Waals surface area contributed by atoms with E-state index in [9.17, 15) is 9.59 Å². The lowest BCUT2D eigenvalue weighted by molar-refractivity contribution is 0.0695. The van der Waals surface area contributed by atoms with Gasteiger partial charge in [-0.3, -0.25) is 9.78 Å². The van der Waals surface area contributed by atoms with Gasteiger partial charge in [0.2, 0.25) is 0 Å². The fourth-order valence-electron chi connectivity index (χ4n) is 1.61. The zero-order valence-corrected chi connectivity index (χ0v) is 9.10. The van der Waals surface area contributed by atoms with Crippen molar-refractivity contribution >= 4 is 5.97 Å². The van der Waals surface area contributed by atoms with E-state index in [1.54, 1.807) is 31.5 Å². The number of nitrogens with zero attached hydrogens (tertiary/aromatic N) is 1. The molecule has 0 unspecified atom stereocenters. The minimum absolute atomic E-state index is 0.262. The number of hydrogen-bond donors (Lipinski definition) is 2. The summed E-state index contributed by atoms with van der Waals surface area (Å²) in [7, 11) is 0. The second kappa shape index (κ2) is 4.21. The standard InChI is InChI=1S/C12H10N2O3/c1-7-9(8-2-4-13-5-3-8)6-10(12(16)17)11(15)14-7/h2-6H,1H3,(H,14,15)(H,16,17). The van der Waals surface area contributed by atoms with E-state index in [0.29, 0.717) is 11.3 Å². The van der Waals surface area contributed by atoms with Gasteiger partial charge in [-0.25, -0.2) is 4.79 Å². The van der Waals surface area contributed by atoms with E-state index < -0.39 is 11.5 Å². The van der Waals surface area contributed by atoms with Crippen LogP contribution in [0.1, 0.15) is 16.1 Å². The number of aromatic carboxylic acids is 1. The Kier molecular flexibility index (Phi) is 2.74. The smallest absolute Gasteiger partial charge is 0.341 e. The van der Waals surface area contributed by atoms with E-state index in [4.69, 9.17) is 5.11 Å². The molecule has 0 aliphatic heterocycles. The van der Waals surface area contributed by atoms with Crippen LogP contribution in [0, 0.1) is 6.92 Å². The molecule has 0 amide bonds. The van der Waals surface area contributed by atoms with Gasteiger partial charge in [-0.2, -0.15) is 0 Å². The van der Waals surface area contributed by atoms with Gasteiger partial charge in [0, 0.05) is 23.7 Å². The summed E-state index contributed by atoms with van der Waals surface area (Å²) in [5.41, 5.74) is 1.28. The zero-order valence-electron chi connectivity index (χ0n) is 9.10. The summed E-state index contributed by atoms with van der Waals surface area (Å²) in [4.78, 5) is 28.7. The summed E-state index contributed by atoms with van der Waals surface area (Å²) in [5, 5.41) is 8.90. The van der Waals surface area contributed by atoms with Crippen LogP contribution in [0.4, 0.5) is 0 Å². The van der Waals surface area contributed by atoms with Crippen LogP contribution in [0.25, 0.3) is 11.1 Å². The third kappa shape index (κ3) is 2.08. The number of aromatic nitrogens is 2. The van der Waals surface area contributed by atoms with E-state index in [2.05, 4.69) is 9.97 Å². The number of carbonyl (C=O) groups is 1. The van der Waals surface area contributed by atoms with Gasteiger partial charge >= 0.3 is 5.97 Å². The van der Waals surface area contributed by atoms with Gasteiger partial charge in [0.05, 0.1) is 0 Å². The number of carboxylic acids is 1. The monoisotopic (exact) mass is 230 g/mol. The highest BCUT2D eigenvalue weighted by Gasteiger charge is 2.12. The van der Waals surface area contributed by atoms with Crippen LogP contribution in [0.5, 0.6) is 0 Å². The Bertz CT molecular complexity index is 617. The van der Waals surface area contributed by atoms with Crippen LogP contribution in [0.3, 0.4) is 0 Å². The number of aromatic amines is 1. The van der Waals surface area contributed by atoms with E-state index in [0.717, 1.165) is 5.56 Å². The lowest BCUT2D eigenvalue weighted by atomic mass is 10.0. The van der Waals surface area contributed by atoms with Crippen molar-refractivity contribution in [3.8, 4) is 11.1 Å². The Morgan fingerprint density at radius 1 is 1.35 bits per heavy atom. The highest BCUT2D eigenvalue weighted by molar-refractivity contribution is 5.89. The average Bonchev–Trinajstić information content (AvgIpc) is 2.29. The summed E-state index contributed by atoms with van der Waals surface area (Å²) in [6, 6.07) is 4.89. The molecule has 0 radical (unpaired) electrons. The molecule has 5 heteroatoms. The number of pyridine rings is 2.